The average molecular weight is 374 g/mol. The van der Waals surface area contributed by atoms with E-state index in [-0.39, 0.29) is 30.8 Å². The van der Waals surface area contributed by atoms with Gasteiger partial charge in [-0.15, -0.1) is 12.4 Å². The molecule has 2 aromatic rings. The molecular formula is C20H24ClN3O2. The van der Waals surface area contributed by atoms with Crippen LogP contribution in [0.3, 0.4) is 0 Å². The molecular weight excluding hydrogens is 350 g/mol. The van der Waals surface area contributed by atoms with Crippen molar-refractivity contribution in [2.75, 3.05) is 23.7 Å². The molecule has 3 rings (SSSR count). The van der Waals surface area contributed by atoms with Crippen molar-refractivity contribution in [1.82, 2.24) is 5.32 Å². The Kier molecular flexibility index (Phi) is 7.18. The van der Waals surface area contributed by atoms with Crippen LogP contribution in [0.4, 0.5) is 11.4 Å². The smallest absolute Gasteiger partial charge is 0.256 e. The van der Waals surface area contributed by atoms with E-state index in [1.165, 1.54) is 12.8 Å². The lowest BCUT2D eigenvalue weighted by Crippen LogP contribution is -2.29. The molecule has 26 heavy (non-hydrogen) atoms. The van der Waals surface area contributed by atoms with Crippen molar-refractivity contribution in [2.45, 2.75) is 19.8 Å². The standard InChI is InChI=1S/C20H23N3O2.ClH/c1-14-17(20(25)22-16-6-3-2-4-7-16)8-5-9-18(14)23-19(24)13-21-12-15-10-11-15;/h2-9,15,21H,10-13H2,1H3,(H,22,25)(H,23,24);1H. The first-order valence-corrected chi connectivity index (χ1v) is 8.60. The molecule has 2 amide bonds. The summed E-state index contributed by atoms with van der Waals surface area (Å²) in [6.45, 7) is 3.02. The molecule has 6 heteroatoms. The lowest BCUT2D eigenvalue weighted by Gasteiger charge is -2.13. The van der Waals surface area contributed by atoms with E-state index in [9.17, 15) is 9.59 Å². The summed E-state index contributed by atoms with van der Waals surface area (Å²) in [7, 11) is 0. The third-order valence-electron chi connectivity index (χ3n) is 4.30. The average Bonchev–Trinajstić information content (AvgIpc) is 3.42. The first-order chi connectivity index (χ1) is 12.1. The molecule has 1 saturated carbocycles. The maximum atomic E-state index is 12.5. The van der Waals surface area contributed by atoms with E-state index in [0.29, 0.717) is 11.3 Å². The molecule has 3 N–H and O–H groups in total. The lowest BCUT2D eigenvalue weighted by molar-refractivity contribution is -0.115. The normalized spacial score (nSPS) is 12.8. The van der Waals surface area contributed by atoms with Crippen LogP contribution >= 0.6 is 12.4 Å². The highest BCUT2D eigenvalue weighted by atomic mass is 35.5. The van der Waals surface area contributed by atoms with Gasteiger partial charge in [-0.05, 0) is 62.1 Å². The van der Waals surface area contributed by atoms with Gasteiger partial charge < -0.3 is 16.0 Å². The Bertz CT molecular complexity index is 761. The van der Waals surface area contributed by atoms with Crippen molar-refractivity contribution in [3.8, 4) is 0 Å². The van der Waals surface area contributed by atoms with Gasteiger partial charge in [0.05, 0.1) is 6.54 Å². The molecule has 0 radical (unpaired) electrons. The van der Waals surface area contributed by atoms with Crippen LogP contribution in [0.2, 0.25) is 0 Å². The van der Waals surface area contributed by atoms with Crippen LogP contribution in [0.15, 0.2) is 48.5 Å². The number of amides is 2. The van der Waals surface area contributed by atoms with Crippen molar-refractivity contribution in [3.05, 3.63) is 59.7 Å². The van der Waals surface area contributed by atoms with Crippen molar-refractivity contribution in [3.63, 3.8) is 0 Å². The SMILES string of the molecule is Cc1c(NC(=O)CNCC2CC2)cccc1C(=O)Nc1ccccc1.Cl. The molecule has 0 aliphatic heterocycles. The van der Waals surface area contributed by atoms with E-state index in [0.717, 1.165) is 23.7 Å². The molecule has 1 aliphatic carbocycles. The van der Waals surface area contributed by atoms with Crippen LogP contribution in [0.5, 0.6) is 0 Å². The predicted molar refractivity (Wildman–Crippen MR) is 107 cm³/mol. The Labute approximate surface area is 160 Å². The van der Waals surface area contributed by atoms with Gasteiger partial charge in [0.2, 0.25) is 5.91 Å². The fraction of sp³-hybridized carbons (Fsp3) is 0.300. The van der Waals surface area contributed by atoms with Crippen LogP contribution in [-0.4, -0.2) is 24.9 Å². The Hall–Kier alpha value is -2.37. The largest absolute Gasteiger partial charge is 0.325 e. The monoisotopic (exact) mass is 373 g/mol. The number of halogens is 1. The quantitative estimate of drug-likeness (QED) is 0.694. The second-order valence-electron chi connectivity index (χ2n) is 6.42. The zero-order valence-corrected chi connectivity index (χ0v) is 15.6. The van der Waals surface area contributed by atoms with Crippen molar-refractivity contribution >= 4 is 35.6 Å². The summed E-state index contributed by atoms with van der Waals surface area (Å²) in [5.74, 6) is 0.454. The van der Waals surface area contributed by atoms with Crippen LogP contribution in [-0.2, 0) is 4.79 Å². The molecule has 2 aromatic carbocycles. The van der Waals surface area contributed by atoms with E-state index in [1.54, 1.807) is 12.1 Å². The summed E-state index contributed by atoms with van der Waals surface area (Å²) in [6.07, 6.45) is 2.51. The van der Waals surface area contributed by atoms with Crippen molar-refractivity contribution in [2.24, 2.45) is 5.92 Å². The highest BCUT2D eigenvalue weighted by molar-refractivity contribution is 6.06. The van der Waals surface area contributed by atoms with Gasteiger partial charge in [0, 0.05) is 16.9 Å². The second-order valence-corrected chi connectivity index (χ2v) is 6.42. The second kappa shape index (κ2) is 9.36. The predicted octanol–water partition coefficient (Wildman–Crippen LogP) is 3.61. The minimum Gasteiger partial charge on any atom is -0.325 e. The van der Waals surface area contributed by atoms with Gasteiger partial charge in [-0.1, -0.05) is 24.3 Å². The van der Waals surface area contributed by atoms with Gasteiger partial charge in [0.15, 0.2) is 0 Å². The van der Waals surface area contributed by atoms with Gasteiger partial charge in [0.1, 0.15) is 0 Å². The fourth-order valence-corrected chi connectivity index (χ4v) is 2.64. The maximum Gasteiger partial charge on any atom is 0.256 e. The Balaban J connectivity index is 0.00000243. The van der Waals surface area contributed by atoms with Gasteiger partial charge in [-0.25, -0.2) is 0 Å². The van der Waals surface area contributed by atoms with E-state index in [1.807, 2.05) is 43.3 Å². The Morgan fingerprint density at radius 3 is 2.42 bits per heavy atom. The van der Waals surface area contributed by atoms with Crippen LogP contribution in [0.25, 0.3) is 0 Å². The highest BCUT2D eigenvalue weighted by Gasteiger charge is 2.20. The van der Waals surface area contributed by atoms with Gasteiger partial charge in [-0.3, -0.25) is 9.59 Å². The molecule has 0 saturated heterocycles. The number of rotatable bonds is 7. The molecule has 0 unspecified atom stereocenters. The minimum absolute atomic E-state index is 0. The Morgan fingerprint density at radius 1 is 1.00 bits per heavy atom. The number of nitrogens with one attached hydrogen (secondary N) is 3. The molecule has 1 fully saturated rings. The zero-order chi connectivity index (χ0) is 17.6. The summed E-state index contributed by atoms with van der Waals surface area (Å²) >= 11 is 0. The summed E-state index contributed by atoms with van der Waals surface area (Å²) in [5.41, 5.74) is 2.71. The summed E-state index contributed by atoms with van der Waals surface area (Å²) in [6, 6.07) is 14.7. The lowest BCUT2D eigenvalue weighted by atomic mass is 10.1. The van der Waals surface area contributed by atoms with Gasteiger partial charge in [0.25, 0.3) is 5.91 Å². The number of benzene rings is 2. The third kappa shape index (κ3) is 5.58. The number of anilines is 2. The third-order valence-corrected chi connectivity index (χ3v) is 4.30. The fourth-order valence-electron chi connectivity index (χ4n) is 2.64. The molecule has 5 nitrogen and oxygen atoms in total. The van der Waals surface area contributed by atoms with Crippen molar-refractivity contribution in [1.29, 1.82) is 0 Å². The highest BCUT2D eigenvalue weighted by Crippen LogP contribution is 2.27. The van der Waals surface area contributed by atoms with Crippen molar-refractivity contribution < 1.29 is 9.59 Å². The minimum atomic E-state index is -0.188. The number of carbonyl (C=O) groups is 2. The first-order valence-electron chi connectivity index (χ1n) is 8.60. The van der Waals surface area contributed by atoms with Crippen LogP contribution < -0.4 is 16.0 Å². The zero-order valence-electron chi connectivity index (χ0n) is 14.7. The molecule has 0 bridgehead atoms. The molecule has 1 aliphatic rings. The molecule has 0 atom stereocenters. The number of para-hydroxylation sites is 1. The Morgan fingerprint density at radius 2 is 1.73 bits per heavy atom. The number of hydrogen-bond acceptors (Lipinski definition) is 3. The summed E-state index contributed by atoms with van der Waals surface area (Å²) in [4.78, 5) is 24.6. The van der Waals surface area contributed by atoms with Gasteiger partial charge in [-0.2, -0.15) is 0 Å². The number of carbonyl (C=O) groups excluding carboxylic acids is 2. The summed E-state index contributed by atoms with van der Waals surface area (Å²) in [5, 5.41) is 8.92. The topological polar surface area (TPSA) is 70.2 Å². The maximum absolute atomic E-state index is 12.5. The van der Waals surface area contributed by atoms with E-state index in [2.05, 4.69) is 16.0 Å². The van der Waals surface area contributed by atoms with E-state index < -0.39 is 0 Å². The van der Waals surface area contributed by atoms with E-state index in [4.69, 9.17) is 0 Å². The first kappa shape index (κ1) is 19.9. The molecule has 0 spiro atoms. The number of hydrogen-bond donors (Lipinski definition) is 3. The van der Waals surface area contributed by atoms with Crippen LogP contribution in [0.1, 0.15) is 28.8 Å². The summed E-state index contributed by atoms with van der Waals surface area (Å²) < 4.78 is 0. The van der Waals surface area contributed by atoms with Gasteiger partial charge >= 0.3 is 0 Å². The molecule has 0 heterocycles. The molecule has 138 valence electrons. The van der Waals surface area contributed by atoms with Crippen LogP contribution in [0, 0.1) is 12.8 Å². The van der Waals surface area contributed by atoms with E-state index >= 15 is 0 Å². The molecule has 0 aromatic heterocycles.